The summed E-state index contributed by atoms with van der Waals surface area (Å²) in [5.74, 6) is 0.561. The van der Waals surface area contributed by atoms with Crippen molar-refractivity contribution in [2.24, 2.45) is 0 Å². The molecule has 0 radical (unpaired) electrons. The molecule has 0 amide bonds. The van der Waals surface area contributed by atoms with Crippen LogP contribution >= 0.6 is 11.3 Å². The molecule has 1 saturated heterocycles. The molecule has 1 aromatic rings. The molecule has 0 saturated carbocycles. The second kappa shape index (κ2) is 7.41. The van der Waals surface area contributed by atoms with Gasteiger partial charge in [0, 0.05) is 24.0 Å². The summed E-state index contributed by atoms with van der Waals surface area (Å²) in [7, 11) is 2.02. The van der Waals surface area contributed by atoms with E-state index in [0.29, 0.717) is 12.0 Å². The Bertz CT molecular complexity index is 416. The third-order valence-electron chi connectivity index (χ3n) is 4.43. The van der Waals surface area contributed by atoms with Crippen LogP contribution in [0.2, 0.25) is 0 Å². The lowest BCUT2D eigenvalue weighted by Crippen LogP contribution is -2.32. The molecular formula is C16H29N3S. The van der Waals surface area contributed by atoms with E-state index in [-0.39, 0.29) is 0 Å². The standard InChI is InChI=1S/C16H29N3S/c1-5-12(2)15-14(11-17-4)20-16(18-15)19-10-8-6-7-9-13(19)3/h12-13,17H,5-11H2,1-4H3. The summed E-state index contributed by atoms with van der Waals surface area (Å²) >= 11 is 1.90. The summed E-state index contributed by atoms with van der Waals surface area (Å²) in [6.45, 7) is 9.02. The van der Waals surface area contributed by atoms with Gasteiger partial charge in [-0.05, 0) is 39.2 Å². The summed E-state index contributed by atoms with van der Waals surface area (Å²) in [4.78, 5) is 8.99. The normalized spacial score (nSPS) is 21.8. The average molecular weight is 295 g/mol. The Morgan fingerprint density at radius 1 is 1.40 bits per heavy atom. The van der Waals surface area contributed by atoms with Crippen LogP contribution in [0, 0.1) is 0 Å². The average Bonchev–Trinajstić information content (AvgIpc) is 2.73. The van der Waals surface area contributed by atoms with Gasteiger partial charge >= 0.3 is 0 Å². The number of anilines is 1. The SMILES string of the molecule is CCC(C)c1nc(N2CCCCCC2C)sc1CNC. The van der Waals surface area contributed by atoms with Gasteiger partial charge in [0.1, 0.15) is 0 Å². The molecule has 114 valence electrons. The van der Waals surface area contributed by atoms with Crippen LogP contribution in [-0.4, -0.2) is 24.6 Å². The Balaban J connectivity index is 2.26. The van der Waals surface area contributed by atoms with Gasteiger partial charge in [0.2, 0.25) is 0 Å². The van der Waals surface area contributed by atoms with E-state index in [9.17, 15) is 0 Å². The minimum Gasteiger partial charge on any atom is -0.345 e. The van der Waals surface area contributed by atoms with Crippen molar-refractivity contribution in [1.82, 2.24) is 10.3 Å². The van der Waals surface area contributed by atoms with Crippen molar-refractivity contribution in [1.29, 1.82) is 0 Å². The molecule has 0 aliphatic carbocycles. The molecule has 0 bridgehead atoms. The van der Waals surface area contributed by atoms with E-state index in [0.717, 1.165) is 13.0 Å². The fraction of sp³-hybridized carbons (Fsp3) is 0.812. The fourth-order valence-electron chi connectivity index (χ4n) is 2.90. The van der Waals surface area contributed by atoms with E-state index in [1.807, 2.05) is 18.4 Å². The largest absolute Gasteiger partial charge is 0.345 e. The molecule has 2 heterocycles. The number of hydrogen-bond donors (Lipinski definition) is 1. The van der Waals surface area contributed by atoms with Crippen molar-refractivity contribution in [2.75, 3.05) is 18.5 Å². The van der Waals surface area contributed by atoms with Gasteiger partial charge in [0.25, 0.3) is 0 Å². The zero-order valence-corrected chi connectivity index (χ0v) is 14.2. The Labute approximate surface area is 127 Å². The minimum atomic E-state index is 0.561. The number of aromatic nitrogens is 1. The predicted octanol–water partition coefficient (Wildman–Crippen LogP) is 4.14. The zero-order valence-electron chi connectivity index (χ0n) is 13.4. The fourth-order valence-corrected chi connectivity index (χ4v) is 4.22. The highest BCUT2D eigenvalue weighted by atomic mass is 32.1. The maximum absolute atomic E-state index is 5.02. The van der Waals surface area contributed by atoms with Crippen LogP contribution in [0.3, 0.4) is 0 Å². The second-order valence-corrected chi connectivity index (χ2v) is 7.10. The molecule has 0 spiro atoms. The van der Waals surface area contributed by atoms with Crippen molar-refractivity contribution >= 4 is 16.5 Å². The van der Waals surface area contributed by atoms with Gasteiger partial charge in [0.05, 0.1) is 5.69 Å². The molecule has 0 aromatic carbocycles. The van der Waals surface area contributed by atoms with Crippen molar-refractivity contribution in [2.45, 2.75) is 71.4 Å². The van der Waals surface area contributed by atoms with E-state index < -0.39 is 0 Å². The number of nitrogens with zero attached hydrogens (tertiary/aromatic N) is 2. The highest BCUT2D eigenvalue weighted by Gasteiger charge is 2.23. The monoisotopic (exact) mass is 295 g/mol. The molecular weight excluding hydrogens is 266 g/mol. The van der Waals surface area contributed by atoms with Gasteiger partial charge in [-0.3, -0.25) is 0 Å². The Kier molecular flexibility index (Phi) is 5.85. The minimum absolute atomic E-state index is 0.561. The molecule has 1 fully saturated rings. The molecule has 1 aliphatic heterocycles. The van der Waals surface area contributed by atoms with Crippen LogP contribution in [0.5, 0.6) is 0 Å². The van der Waals surface area contributed by atoms with Crippen LogP contribution in [0.4, 0.5) is 5.13 Å². The molecule has 3 nitrogen and oxygen atoms in total. The summed E-state index contributed by atoms with van der Waals surface area (Å²) in [6, 6.07) is 0.635. The summed E-state index contributed by atoms with van der Waals surface area (Å²) in [5.41, 5.74) is 1.32. The van der Waals surface area contributed by atoms with E-state index in [2.05, 4.69) is 31.0 Å². The zero-order chi connectivity index (χ0) is 14.5. The van der Waals surface area contributed by atoms with Crippen molar-refractivity contribution < 1.29 is 0 Å². The lowest BCUT2D eigenvalue weighted by molar-refractivity contribution is 0.612. The molecule has 2 unspecified atom stereocenters. The van der Waals surface area contributed by atoms with Gasteiger partial charge < -0.3 is 10.2 Å². The first-order valence-electron chi connectivity index (χ1n) is 8.08. The molecule has 20 heavy (non-hydrogen) atoms. The van der Waals surface area contributed by atoms with Crippen LogP contribution in [-0.2, 0) is 6.54 Å². The lowest BCUT2D eigenvalue weighted by Gasteiger charge is -2.26. The van der Waals surface area contributed by atoms with Crippen LogP contribution in [0.25, 0.3) is 0 Å². The summed E-state index contributed by atoms with van der Waals surface area (Å²) in [5, 5.41) is 4.55. The molecule has 2 rings (SSSR count). The predicted molar refractivity (Wildman–Crippen MR) is 88.9 cm³/mol. The van der Waals surface area contributed by atoms with Crippen molar-refractivity contribution in [3.05, 3.63) is 10.6 Å². The van der Waals surface area contributed by atoms with E-state index >= 15 is 0 Å². The van der Waals surface area contributed by atoms with E-state index in [1.165, 1.54) is 47.9 Å². The molecule has 1 aliphatic rings. The third-order valence-corrected chi connectivity index (χ3v) is 5.54. The molecule has 2 atom stereocenters. The highest BCUT2D eigenvalue weighted by molar-refractivity contribution is 7.15. The smallest absolute Gasteiger partial charge is 0.186 e. The second-order valence-electron chi connectivity index (χ2n) is 6.04. The van der Waals surface area contributed by atoms with Crippen molar-refractivity contribution in [3.63, 3.8) is 0 Å². The topological polar surface area (TPSA) is 28.2 Å². The number of thiazole rings is 1. The molecule has 4 heteroatoms. The number of hydrogen-bond acceptors (Lipinski definition) is 4. The van der Waals surface area contributed by atoms with Gasteiger partial charge in [-0.15, -0.1) is 11.3 Å². The van der Waals surface area contributed by atoms with Crippen LogP contribution in [0.1, 0.15) is 69.4 Å². The Morgan fingerprint density at radius 3 is 2.90 bits per heavy atom. The van der Waals surface area contributed by atoms with Crippen molar-refractivity contribution in [3.8, 4) is 0 Å². The lowest BCUT2D eigenvalue weighted by atomic mass is 10.0. The van der Waals surface area contributed by atoms with Gasteiger partial charge in [-0.2, -0.15) is 0 Å². The van der Waals surface area contributed by atoms with Crippen LogP contribution < -0.4 is 10.2 Å². The van der Waals surface area contributed by atoms with E-state index in [4.69, 9.17) is 4.98 Å². The van der Waals surface area contributed by atoms with Gasteiger partial charge in [0.15, 0.2) is 5.13 Å². The van der Waals surface area contributed by atoms with Crippen LogP contribution in [0.15, 0.2) is 0 Å². The molecule has 1 aromatic heterocycles. The Hall–Kier alpha value is -0.610. The first kappa shape index (κ1) is 15.8. The first-order chi connectivity index (χ1) is 9.67. The highest BCUT2D eigenvalue weighted by Crippen LogP contribution is 2.34. The van der Waals surface area contributed by atoms with Gasteiger partial charge in [-0.25, -0.2) is 4.98 Å². The number of nitrogens with one attached hydrogen (secondary N) is 1. The number of rotatable bonds is 5. The Morgan fingerprint density at radius 2 is 2.20 bits per heavy atom. The molecule has 1 N–H and O–H groups in total. The maximum Gasteiger partial charge on any atom is 0.186 e. The van der Waals surface area contributed by atoms with Gasteiger partial charge in [-0.1, -0.05) is 26.7 Å². The summed E-state index contributed by atoms with van der Waals surface area (Å²) < 4.78 is 0. The maximum atomic E-state index is 5.02. The van der Waals surface area contributed by atoms with E-state index in [1.54, 1.807) is 0 Å². The first-order valence-corrected chi connectivity index (χ1v) is 8.89. The quantitative estimate of drug-likeness (QED) is 0.884. The summed E-state index contributed by atoms with van der Waals surface area (Å²) in [6.07, 6.45) is 6.51. The third kappa shape index (κ3) is 3.53.